The Kier molecular flexibility index (Phi) is 8.96. The van der Waals surface area contributed by atoms with Gasteiger partial charge in [0.15, 0.2) is 0 Å². The summed E-state index contributed by atoms with van der Waals surface area (Å²) in [6.07, 6.45) is 4.90. The molecule has 4 nitrogen and oxygen atoms in total. The fourth-order valence-corrected chi connectivity index (χ4v) is 2.29. The maximum Gasteiger partial charge on any atom is 0.239 e. The summed E-state index contributed by atoms with van der Waals surface area (Å²) in [6.45, 7) is 5.07. The lowest BCUT2D eigenvalue weighted by molar-refractivity contribution is -0.125. The first-order valence-corrected chi connectivity index (χ1v) is 8.23. The molecule has 0 saturated heterocycles. The molecule has 0 saturated carbocycles. The van der Waals surface area contributed by atoms with E-state index in [2.05, 4.69) is 24.5 Å². The molecule has 1 unspecified atom stereocenters. The quantitative estimate of drug-likeness (QED) is 0.698. The van der Waals surface area contributed by atoms with E-state index in [1.54, 1.807) is 0 Å². The zero-order valence-corrected chi connectivity index (χ0v) is 13.7. The van der Waals surface area contributed by atoms with Gasteiger partial charge in [-0.25, -0.2) is 0 Å². The van der Waals surface area contributed by atoms with Gasteiger partial charge < -0.3 is 10.6 Å². The van der Waals surface area contributed by atoms with Crippen molar-refractivity contribution in [3.05, 3.63) is 35.9 Å². The second kappa shape index (κ2) is 10.8. The Bertz CT molecular complexity index is 446. The molecule has 0 spiro atoms. The first-order chi connectivity index (χ1) is 10.7. The third-order valence-corrected chi connectivity index (χ3v) is 3.78. The van der Waals surface area contributed by atoms with E-state index in [9.17, 15) is 9.59 Å². The Balaban J connectivity index is 2.20. The van der Waals surface area contributed by atoms with Gasteiger partial charge in [-0.15, -0.1) is 0 Å². The summed E-state index contributed by atoms with van der Waals surface area (Å²) in [4.78, 5) is 23.5. The fourth-order valence-electron chi connectivity index (χ4n) is 2.29. The molecule has 0 aliphatic rings. The molecule has 0 aromatic heterocycles. The standard InChI is InChI=1S/C18H28N2O2/c1-3-5-9-15(4-2)13-19-18(22)14-20-17(21)12-16-10-7-6-8-11-16/h6-8,10-11,15H,3-5,9,12-14H2,1-2H3,(H,19,22)(H,20,21). The highest BCUT2D eigenvalue weighted by molar-refractivity contribution is 5.85. The van der Waals surface area contributed by atoms with Crippen LogP contribution in [-0.2, 0) is 16.0 Å². The topological polar surface area (TPSA) is 58.2 Å². The van der Waals surface area contributed by atoms with E-state index in [4.69, 9.17) is 0 Å². The van der Waals surface area contributed by atoms with Crippen molar-refractivity contribution in [2.75, 3.05) is 13.1 Å². The second-order valence-electron chi connectivity index (χ2n) is 5.66. The third kappa shape index (κ3) is 7.81. The normalized spacial score (nSPS) is 11.7. The summed E-state index contributed by atoms with van der Waals surface area (Å²) in [5.41, 5.74) is 0.950. The van der Waals surface area contributed by atoms with Crippen LogP contribution in [0.3, 0.4) is 0 Å². The highest BCUT2D eigenvalue weighted by Gasteiger charge is 2.09. The van der Waals surface area contributed by atoms with Crippen molar-refractivity contribution < 1.29 is 9.59 Å². The van der Waals surface area contributed by atoms with Gasteiger partial charge in [0.1, 0.15) is 0 Å². The van der Waals surface area contributed by atoms with Gasteiger partial charge in [-0.05, 0) is 17.9 Å². The number of rotatable bonds is 10. The molecule has 0 radical (unpaired) electrons. The molecule has 1 atom stereocenters. The minimum Gasteiger partial charge on any atom is -0.354 e. The largest absolute Gasteiger partial charge is 0.354 e. The summed E-state index contributed by atoms with van der Waals surface area (Å²) < 4.78 is 0. The van der Waals surface area contributed by atoms with Gasteiger partial charge in [0.25, 0.3) is 0 Å². The van der Waals surface area contributed by atoms with E-state index < -0.39 is 0 Å². The van der Waals surface area contributed by atoms with Gasteiger partial charge in [0.05, 0.1) is 13.0 Å². The second-order valence-corrected chi connectivity index (χ2v) is 5.66. The van der Waals surface area contributed by atoms with Crippen LogP contribution in [0.1, 0.15) is 45.1 Å². The van der Waals surface area contributed by atoms with Crippen LogP contribution in [0.5, 0.6) is 0 Å². The number of amides is 2. The predicted octanol–water partition coefficient (Wildman–Crippen LogP) is 2.68. The van der Waals surface area contributed by atoms with Crippen molar-refractivity contribution in [2.45, 2.75) is 46.0 Å². The maximum atomic E-state index is 11.8. The van der Waals surface area contributed by atoms with E-state index in [1.807, 2.05) is 30.3 Å². The molecule has 22 heavy (non-hydrogen) atoms. The number of benzene rings is 1. The van der Waals surface area contributed by atoms with Crippen molar-refractivity contribution in [3.8, 4) is 0 Å². The highest BCUT2D eigenvalue weighted by atomic mass is 16.2. The number of carbonyl (C=O) groups excluding carboxylic acids is 2. The predicted molar refractivity (Wildman–Crippen MR) is 89.5 cm³/mol. The Morgan fingerprint density at radius 2 is 1.77 bits per heavy atom. The molecule has 0 aliphatic heterocycles. The first-order valence-electron chi connectivity index (χ1n) is 8.23. The van der Waals surface area contributed by atoms with Gasteiger partial charge in [-0.3, -0.25) is 9.59 Å². The van der Waals surface area contributed by atoms with Crippen LogP contribution >= 0.6 is 0 Å². The maximum absolute atomic E-state index is 11.8. The molecule has 2 N–H and O–H groups in total. The van der Waals surface area contributed by atoms with Gasteiger partial charge in [-0.1, -0.05) is 63.4 Å². The van der Waals surface area contributed by atoms with Gasteiger partial charge >= 0.3 is 0 Å². The third-order valence-electron chi connectivity index (χ3n) is 3.78. The van der Waals surface area contributed by atoms with Crippen LogP contribution in [0.15, 0.2) is 30.3 Å². The van der Waals surface area contributed by atoms with Crippen LogP contribution in [0.4, 0.5) is 0 Å². The molecular formula is C18H28N2O2. The van der Waals surface area contributed by atoms with E-state index in [-0.39, 0.29) is 18.4 Å². The highest BCUT2D eigenvalue weighted by Crippen LogP contribution is 2.10. The molecule has 1 aromatic carbocycles. The van der Waals surface area contributed by atoms with Crippen molar-refractivity contribution in [2.24, 2.45) is 5.92 Å². The lowest BCUT2D eigenvalue weighted by Gasteiger charge is -2.15. The average Bonchev–Trinajstić information content (AvgIpc) is 2.54. The summed E-state index contributed by atoms with van der Waals surface area (Å²) >= 11 is 0. The molecule has 0 heterocycles. The molecule has 2 amide bonds. The molecular weight excluding hydrogens is 276 g/mol. The average molecular weight is 304 g/mol. The lowest BCUT2D eigenvalue weighted by atomic mass is 9.99. The Hall–Kier alpha value is -1.84. The van der Waals surface area contributed by atoms with Crippen LogP contribution in [0.2, 0.25) is 0 Å². The number of unbranched alkanes of at least 4 members (excludes halogenated alkanes) is 1. The number of hydrogen-bond acceptors (Lipinski definition) is 2. The van der Waals surface area contributed by atoms with E-state index in [0.29, 0.717) is 18.9 Å². The van der Waals surface area contributed by atoms with Crippen molar-refractivity contribution >= 4 is 11.8 Å². The fraction of sp³-hybridized carbons (Fsp3) is 0.556. The van der Waals surface area contributed by atoms with E-state index >= 15 is 0 Å². The summed E-state index contributed by atoms with van der Waals surface area (Å²) in [5.74, 6) is 0.291. The van der Waals surface area contributed by atoms with Crippen molar-refractivity contribution in [3.63, 3.8) is 0 Å². The minimum atomic E-state index is -0.126. The summed E-state index contributed by atoms with van der Waals surface area (Å²) in [5, 5.41) is 5.57. The molecule has 1 aromatic rings. The number of nitrogens with one attached hydrogen (secondary N) is 2. The van der Waals surface area contributed by atoms with E-state index in [0.717, 1.165) is 18.4 Å². The molecule has 0 fully saturated rings. The molecule has 1 rings (SSSR count). The zero-order valence-electron chi connectivity index (χ0n) is 13.7. The SMILES string of the molecule is CCCCC(CC)CNC(=O)CNC(=O)Cc1ccccc1. The molecule has 4 heteroatoms. The molecule has 122 valence electrons. The number of hydrogen-bond donors (Lipinski definition) is 2. The Labute approximate surface area is 133 Å². The van der Waals surface area contributed by atoms with Crippen LogP contribution in [-0.4, -0.2) is 24.9 Å². The molecule has 0 aliphatic carbocycles. The lowest BCUT2D eigenvalue weighted by Crippen LogP contribution is -2.39. The van der Waals surface area contributed by atoms with Crippen LogP contribution in [0, 0.1) is 5.92 Å². The summed E-state index contributed by atoms with van der Waals surface area (Å²) in [6, 6.07) is 9.52. The van der Waals surface area contributed by atoms with Crippen molar-refractivity contribution in [1.82, 2.24) is 10.6 Å². The van der Waals surface area contributed by atoms with Crippen LogP contribution < -0.4 is 10.6 Å². The number of carbonyl (C=O) groups is 2. The monoisotopic (exact) mass is 304 g/mol. The zero-order chi connectivity index (χ0) is 16.2. The molecule has 0 bridgehead atoms. The van der Waals surface area contributed by atoms with Gasteiger partial charge in [-0.2, -0.15) is 0 Å². The van der Waals surface area contributed by atoms with Gasteiger partial charge in [0.2, 0.25) is 11.8 Å². The summed E-state index contributed by atoms with van der Waals surface area (Å²) in [7, 11) is 0. The van der Waals surface area contributed by atoms with Crippen molar-refractivity contribution in [1.29, 1.82) is 0 Å². The minimum absolute atomic E-state index is 0.0515. The van der Waals surface area contributed by atoms with Crippen LogP contribution in [0.25, 0.3) is 0 Å². The van der Waals surface area contributed by atoms with Gasteiger partial charge in [0, 0.05) is 6.54 Å². The Morgan fingerprint density at radius 3 is 2.41 bits per heavy atom. The van der Waals surface area contributed by atoms with E-state index in [1.165, 1.54) is 12.8 Å². The Morgan fingerprint density at radius 1 is 1.05 bits per heavy atom. The smallest absolute Gasteiger partial charge is 0.239 e. The first kappa shape index (κ1) is 18.2.